The molecule has 2 atom stereocenters. The molecular formula is C27H26N2O4. The van der Waals surface area contributed by atoms with E-state index < -0.39 is 17.7 Å². The average Bonchev–Trinajstić information content (AvgIpc) is 3.07. The van der Waals surface area contributed by atoms with Gasteiger partial charge in [-0.25, -0.2) is 4.79 Å². The van der Waals surface area contributed by atoms with Gasteiger partial charge < -0.3 is 15.2 Å². The predicted molar refractivity (Wildman–Crippen MR) is 125 cm³/mol. The predicted octanol–water partition coefficient (Wildman–Crippen LogP) is 3.57. The number of urea groups is 1. The molecule has 1 heterocycles. The van der Waals surface area contributed by atoms with Gasteiger partial charge in [-0.3, -0.25) is 9.69 Å². The van der Waals surface area contributed by atoms with Gasteiger partial charge in [-0.2, -0.15) is 0 Å². The van der Waals surface area contributed by atoms with Crippen LogP contribution in [0.3, 0.4) is 0 Å². The summed E-state index contributed by atoms with van der Waals surface area (Å²) in [6.45, 7) is -0.117. The fourth-order valence-electron chi connectivity index (χ4n) is 4.70. The maximum atomic E-state index is 13.2. The Morgan fingerprint density at radius 1 is 0.909 bits per heavy atom. The van der Waals surface area contributed by atoms with Crippen LogP contribution in [-0.4, -0.2) is 46.7 Å². The molecule has 6 nitrogen and oxygen atoms in total. The summed E-state index contributed by atoms with van der Waals surface area (Å²) in [5, 5.41) is 13.4. The normalized spacial score (nSPS) is 20.5. The first-order valence-corrected chi connectivity index (χ1v) is 11.2. The number of ether oxygens (including phenoxy) is 1. The van der Waals surface area contributed by atoms with E-state index in [4.69, 9.17) is 4.74 Å². The molecule has 2 N–H and O–H groups in total. The molecule has 168 valence electrons. The molecule has 1 aliphatic carbocycles. The van der Waals surface area contributed by atoms with Crippen molar-refractivity contribution in [3.63, 3.8) is 0 Å². The number of amides is 3. The summed E-state index contributed by atoms with van der Waals surface area (Å²) in [7, 11) is 0. The molecule has 1 spiro atoms. The van der Waals surface area contributed by atoms with Crippen molar-refractivity contribution < 1.29 is 19.4 Å². The number of hydrogen-bond donors (Lipinski definition) is 2. The van der Waals surface area contributed by atoms with Gasteiger partial charge in [-0.05, 0) is 47.2 Å². The highest BCUT2D eigenvalue weighted by Gasteiger charge is 2.52. The zero-order valence-corrected chi connectivity index (χ0v) is 18.2. The first kappa shape index (κ1) is 21.2. The van der Waals surface area contributed by atoms with Gasteiger partial charge in [0.2, 0.25) is 0 Å². The fourth-order valence-corrected chi connectivity index (χ4v) is 4.70. The molecule has 1 saturated heterocycles. The lowest BCUT2D eigenvalue weighted by Gasteiger charge is -2.32. The van der Waals surface area contributed by atoms with Crippen LogP contribution in [0.4, 0.5) is 4.79 Å². The Hall–Kier alpha value is -3.64. The van der Waals surface area contributed by atoms with Crippen molar-refractivity contribution in [3.05, 3.63) is 90.0 Å². The maximum absolute atomic E-state index is 13.2. The highest BCUT2D eigenvalue weighted by molar-refractivity contribution is 6.07. The van der Waals surface area contributed by atoms with E-state index in [1.165, 1.54) is 5.56 Å². The molecule has 3 aromatic rings. The van der Waals surface area contributed by atoms with Gasteiger partial charge >= 0.3 is 6.03 Å². The van der Waals surface area contributed by atoms with Crippen LogP contribution in [0.5, 0.6) is 5.75 Å². The molecule has 3 amide bonds. The van der Waals surface area contributed by atoms with E-state index >= 15 is 0 Å². The van der Waals surface area contributed by atoms with Crippen LogP contribution < -0.4 is 10.1 Å². The SMILES string of the molecule is O=C1NC2(CCc3ccccc3C2)C(=O)N1CC(O)COc1ccc(-c2ccccc2)cc1. The summed E-state index contributed by atoms with van der Waals surface area (Å²) < 4.78 is 5.70. The van der Waals surface area contributed by atoms with Crippen molar-refractivity contribution in [3.8, 4) is 16.9 Å². The minimum absolute atomic E-state index is 0.0163. The highest BCUT2D eigenvalue weighted by atomic mass is 16.5. The molecule has 0 aromatic heterocycles. The van der Waals surface area contributed by atoms with Crippen LogP contribution in [-0.2, 0) is 17.6 Å². The molecule has 0 bridgehead atoms. The van der Waals surface area contributed by atoms with Crippen molar-refractivity contribution in [1.29, 1.82) is 0 Å². The molecule has 5 rings (SSSR count). The van der Waals surface area contributed by atoms with Crippen LogP contribution >= 0.6 is 0 Å². The first-order chi connectivity index (χ1) is 16.0. The Bertz CT molecular complexity index is 1160. The summed E-state index contributed by atoms with van der Waals surface area (Å²) in [6.07, 6.45) is 0.788. The second-order valence-corrected chi connectivity index (χ2v) is 8.73. The van der Waals surface area contributed by atoms with Gasteiger partial charge in [0.15, 0.2) is 0 Å². The van der Waals surface area contributed by atoms with E-state index in [2.05, 4.69) is 11.4 Å². The number of β-amino-alcohol motifs (C(OH)–C–C–N with tert-alkyl or cyclic N) is 1. The first-order valence-electron chi connectivity index (χ1n) is 11.2. The summed E-state index contributed by atoms with van der Waals surface area (Å²) in [6, 6.07) is 25.2. The summed E-state index contributed by atoms with van der Waals surface area (Å²) in [4.78, 5) is 26.9. The highest BCUT2D eigenvalue weighted by Crippen LogP contribution is 2.33. The number of benzene rings is 3. The molecule has 0 radical (unpaired) electrons. The lowest BCUT2D eigenvalue weighted by Crippen LogP contribution is -2.51. The van der Waals surface area contributed by atoms with Crippen LogP contribution in [0.25, 0.3) is 11.1 Å². The fraction of sp³-hybridized carbons (Fsp3) is 0.259. The van der Waals surface area contributed by atoms with Gasteiger partial charge in [0.05, 0.1) is 6.54 Å². The number of carbonyl (C=O) groups excluding carboxylic acids is 2. The number of hydrogen-bond acceptors (Lipinski definition) is 4. The zero-order valence-electron chi connectivity index (χ0n) is 18.2. The van der Waals surface area contributed by atoms with Crippen molar-refractivity contribution >= 4 is 11.9 Å². The van der Waals surface area contributed by atoms with Crippen LogP contribution in [0.1, 0.15) is 17.5 Å². The van der Waals surface area contributed by atoms with Crippen LogP contribution in [0.15, 0.2) is 78.9 Å². The zero-order chi connectivity index (χ0) is 22.8. The van der Waals surface area contributed by atoms with E-state index in [9.17, 15) is 14.7 Å². The van der Waals surface area contributed by atoms with Gasteiger partial charge in [0.1, 0.15) is 24.0 Å². The topological polar surface area (TPSA) is 78.9 Å². The second kappa shape index (κ2) is 8.71. The number of aryl methyl sites for hydroxylation is 1. The third-order valence-corrected chi connectivity index (χ3v) is 6.47. The summed E-state index contributed by atoms with van der Waals surface area (Å²) >= 11 is 0. The van der Waals surface area contributed by atoms with E-state index in [0.717, 1.165) is 28.0 Å². The molecule has 1 aliphatic heterocycles. The number of imide groups is 1. The molecule has 1 fully saturated rings. The number of aliphatic hydroxyl groups is 1. The van der Waals surface area contributed by atoms with E-state index in [0.29, 0.717) is 18.6 Å². The third-order valence-electron chi connectivity index (χ3n) is 6.47. The standard InChI is InChI=1S/C27H26N2O4/c30-23(18-33-24-12-10-21(11-13-24)19-6-2-1-3-7-19)17-29-25(31)27(28-26(29)32)15-14-20-8-4-5-9-22(20)16-27/h1-13,23,30H,14-18H2,(H,28,32). The molecule has 2 aliphatic rings. The molecular weight excluding hydrogens is 416 g/mol. The van der Waals surface area contributed by atoms with Gasteiger partial charge in [0.25, 0.3) is 5.91 Å². The monoisotopic (exact) mass is 442 g/mol. The lowest BCUT2D eigenvalue weighted by atomic mass is 9.78. The molecule has 3 aromatic carbocycles. The largest absolute Gasteiger partial charge is 0.491 e. The Morgan fingerprint density at radius 3 is 2.33 bits per heavy atom. The van der Waals surface area contributed by atoms with Crippen molar-refractivity contribution in [2.24, 2.45) is 0 Å². The molecule has 33 heavy (non-hydrogen) atoms. The minimum Gasteiger partial charge on any atom is -0.491 e. The lowest BCUT2D eigenvalue weighted by molar-refractivity contribution is -0.132. The van der Waals surface area contributed by atoms with E-state index in [1.807, 2.05) is 72.8 Å². The van der Waals surface area contributed by atoms with Crippen LogP contribution in [0.2, 0.25) is 0 Å². The molecule has 2 unspecified atom stereocenters. The van der Waals surface area contributed by atoms with E-state index in [-0.39, 0.29) is 19.1 Å². The smallest absolute Gasteiger partial charge is 0.325 e. The molecule has 0 saturated carbocycles. The van der Waals surface area contributed by atoms with Crippen LogP contribution in [0, 0.1) is 0 Å². The number of fused-ring (bicyclic) bond motifs is 1. The Morgan fingerprint density at radius 2 is 1.58 bits per heavy atom. The second-order valence-electron chi connectivity index (χ2n) is 8.73. The minimum atomic E-state index is -0.987. The van der Waals surface area contributed by atoms with Gasteiger partial charge in [-0.15, -0.1) is 0 Å². The number of nitrogens with zero attached hydrogens (tertiary/aromatic N) is 1. The van der Waals surface area contributed by atoms with Crippen molar-refractivity contribution in [1.82, 2.24) is 10.2 Å². The van der Waals surface area contributed by atoms with E-state index in [1.54, 1.807) is 0 Å². The molecule has 6 heteroatoms. The summed E-state index contributed by atoms with van der Waals surface area (Å²) in [5.41, 5.74) is 3.57. The number of carbonyl (C=O) groups is 2. The Kier molecular flexibility index (Phi) is 5.60. The number of rotatable bonds is 6. The number of nitrogens with one attached hydrogen (secondary N) is 1. The van der Waals surface area contributed by atoms with Crippen molar-refractivity contribution in [2.75, 3.05) is 13.2 Å². The number of aliphatic hydroxyl groups excluding tert-OH is 1. The van der Waals surface area contributed by atoms with Gasteiger partial charge in [-0.1, -0.05) is 66.7 Å². The van der Waals surface area contributed by atoms with Gasteiger partial charge in [0, 0.05) is 6.42 Å². The Labute approximate surface area is 192 Å². The summed E-state index contributed by atoms with van der Waals surface area (Å²) in [5.74, 6) is 0.347. The van der Waals surface area contributed by atoms with Crippen molar-refractivity contribution in [2.45, 2.75) is 30.9 Å². The third kappa shape index (κ3) is 4.22. The maximum Gasteiger partial charge on any atom is 0.325 e. The average molecular weight is 443 g/mol. The quantitative estimate of drug-likeness (QED) is 0.572. The Balaban J connectivity index is 1.19.